The second kappa shape index (κ2) is 5.05. The third-order valence-corrected chi connectivity index (χ3v) is 4.01. The lowest BCUT2D eigenvalue weighted by atomic mass is 9.43. The molecule has 0 atom stereocenters. The highest BCUT2D eigenvalue weighted by Crippen LogP contribution is 2.39. The van der Waals surface area contributed by atoms with Crippen molar-refractivity contribution in [1.82, 2.24) is 0 Å². The number of rotatable bonds is 1. The molecule has 1 amide bonds. The van der Waals surface area contributed by atoms with Gasteiger partial charge < -0.3 is 10.2 Å². The third-order valence-electron chi connectivity index (χ3n) is 4.01. The number of allylic oxidation sites excluding steroid dienone is 2. The van der Waals surface area contributed by atoms with Crippen LogP contribution in [0, 0.1) is 11.2 Å². The fourth-order valence-electron chi connectivity index (χ4n) is 2.99. The molecule has 1 aromatic rings. The molecule has 2 aliphatic heterocycles. The summed E-state index contributed by atoms with van der Waals surface area (Å²) >= 11 is 0. The molecule has 0 radical (unpaired) electrons. The van der Waals surface area contributed by atoms with E-state index in [4.69, 9.17) is 5.26 Å². The van der Waals surface area contributed by atoms with Crippen LogP contribution >= 0.6 is 0 Å². The standard InChI is InChI=1S/C15H16BN3O/c1-19-9-14(20)18-13-4-2-3-12(15(13)19)11-5-7-16(10-17)8-6-11/h2-5H,6-9H2,1H3,(H,18,20). The van der Waals surface area contributed by atoms with Gasteiger partial charge in [-0.3, -0.25) is 4.79 Å². The summed E-state index contributed by atoms with van der Waals surface area (Å²) in [7, 11) is 1.95. The van der Waals surface area contributed by atoms with E-state index in [-0.39, 0.29) is 12.6 Å². The van der Waals surface area contributed by atoms with Gasteiger partial charge >= 0.3 is 0 Å². The normalized spacial score (nSPS) is 18.0. The summed E-state index contributed by atoms with van der Waals surface area (Å²) in [5, 5.41) is 11.9. The van der Waals surface area contributed by atoms with Crippen LogP contribution in [0.1, 0.15) is 12.0 Å². The smallest absolute Gasteiger partial charge is 0.271 e. The molecule has 0 spiro atoms. The lowest BCUT2D eigenvalue weighted by Crippen LogP contribution is -2.36. The van der Waals surface area contributed by atoms with Crippen molar-refractivity contribution in [2.45, 2.75) is 19.1 Å². The van der Waals surface area contributed by atoms with Gasteiger partial charge in [-0.05, 0) is 24.4 Å². The molecule has 5 heteroatoms. The lowest BCUT2D eigenvalue weighted by molar-refractivity contribution is -0.115. The molecule has 0 saturated carbocycles. The van der Waals surface area contributed by atoms with E-state index >= 15 is 0 Å². The van der Waals surface area contributed by atoms with Gasteiger partial charge in [-0.25, -0.2) is 5.26 Å². The highest BCUT2D eigenvalue weighted by molar-refractivity contribution is 6.67. The first-order valence-corrected chi connectivity index (χ1v) is 6.92. The number of hydrogen-bond donors (Lipinski definition) is 1. The minimum Gasteiger partial charge on any atom is -0.363 e. The van der Waals surface area contributed by atoms with E-state index in [1.807, 2.05) is 24.1 Å². The Kier molecular flexibility index (Phi) is 3.23. The molecule has 0 fully saturated rings. The Morgan fingerprint density at radius 3 is 3.00 bits per heavy atom. The van der Waals surface area contributed by atoms with E-state index in [0.29, 0.717) is 6.54 Å². The molecule has 2 heterocycles. The Hall–Kier alpha value is -2.22. The molecule has 0 bridgehead atoms. The van der Waals surface area contributed by atoms with E-state index in [0.717, 1.165) is 30.4 Å². The predicted molar refractivity (Wildman–Crippen MR) is 81.9 cm³/mol. The predicted octanol–water partition coefficient (Wildman–Crippen LogP) is 2.42. The van der Waals surface area contributed by atoms with Gasteiger partial charge in [0.25, 0.3) is 6.71 Å². The Morgan fingerprint density at radius 1 is 1.45 bits per heavy atom. The average molecular weight is 265 g/mol. The van der Waals surface area contributed by atoms with Gasteiger partial charge in [-0.15, -0.1) is 0 Å². The number of nitrogens with zero attached hydrogens (tertiary/aromatic N) is 2. The van der Waals surface area contributed by atoms with Gasteiger partial charge in [-0.1, -0.05) is 24.5 Å². The lowest BCUT2D eigenvalue weighted by Gasteiger charge is -2.31. The van der Waals surface area contributed by atoms with Crippen LogP contribution in [-0.4, -0.2) is 26.2 Å². The summed E-state index contributed by atoms with van der Waals surface area (Å²) < 4.78 is 0. The SMILES string of the molecule is CN1CC(=O)Nc2cccc(C3=CCB(C#N)CC3)c21. The summed E-state index contributed by atoms with van der Waals surface area (Å²) in [4.78, 5) is 13.6. The maximum Gasteiger partial charge on any atom is 0.271 e. The maximum absolute atomic E-state index is 11.6. The molecule has 1 aromatic carbocycles. The molecule has 3 rings (SSSR count). The quantitative estimate of drug-likeness (QED) is 0.793. The fraction of sp³-hybridized carbons (Fsp3) is 0.333. The van der Waals surface area contributed by atoms with E-state index in [1.165, 1.54) is 11.1 Å². The molecule has 0 saturated heterocycles. The number of benzene rings is 1. The van der Waals surface area contributed by atoms with Crippen molar-refractivity contribution < 1.29 is 4.79 Å². The second-order valence-electron chi connectivity index (χ2n) is 5.44. The number of nitriles is 1. The molecule has 100 valence electrons. The van der Waals surface area contributed by atoms with Crippen LogP contribution in [0.15, 0.2) is 24.3 Å². The van der Waals surface area contributed by atoms with Crippen LogP contribution < -0.4 is 10.2 Å². The van der Waals surface area contributed by atoms with E-state index in [1.54, 1.807) is 0 Å². The highest BCUT2D eigenvalue weighted by atomic mass is 16.2. The number of anilines is 2. The molecule has 0 aromatic heterocycles. The largest absolute Gasteiger partial charge is 0.363 e. The molecule has 1 N–H and O–H groups in total. The maximum atomic E-state index is 11.6. The Morgan fingerprint density at radius 2 is 2.30 bits per heavy atom. The average Bonchev–Trinajstić information content (AvgIpc) is 2.46. The number of para-hydroxylation sites is 1. The molecule has 20 heavy (non-hydrogen) atoms. The minimum atomic E-state index is 0.0271. The Labute approximate surface area is 119 Å². The van der Waals surface area contributed by atoms with Gasteiger partial charge in [0.2, 0.25) is 5.91 Å². The van der Waals surface area contributed by atoms with Crippen molar-refractivity contribution in [3.63, 3.8) is 0 Å². The Bertz CT molecular complexity index is 632. The zero-order valence-corrected chi connectivity index (χ0v) is 11.5. The number of carbonyl (C=O) groups excluding carboxylic acids is 1. The second-order valence-corrected chi connectivity index (χ2v) is 5.44. The molecular weight excluding hydrogens is 249 g/mol. The van der Waals surface area contributed by atoms with Crippen molar-refractivity contribution in [2.75, 3.05) is 23.8 Å². The molecule has 0 aliphatic carbocycles. The zero-order chi connectivity index (χ0) is 14.1. The summed E-state index contributed by atoms with van der Waals surface area (Å²) in [5.74, 6) is 2.37. The van der Waals surface area contributed by atoms with Gasteiger partial charge in [0, 0.05) is 18.6 Å². The van der Waals surface area contributed by atoms with Crippen LogP contribution in [-0.2, 0) is 4.79 Å². The van der Waals surface area contributed by atoms with Crippen LogP contribution in [0.25, 0.3) is 5.57 Å². The number of hydrogen-bond acceptors (Lipinski definition) is 3. The van der Waals surface area contributed by atoms with Crippen molar-refractivity contribution in [2.24, 2.45) is 0 Å². The first-order chi connectivity index (χ1) is 9.69. The Balaban J connectivity index is 2.00. The molecule has 2 aliphatic rings. The number of fused-ring (bicyclic) bond motifs is 1. The van der Waals surface area contributed by atoms with Crippen molar-refractivity contribution >= 4 is 29.6 Å². The zero-order valence-electron chi connectivity index (χ0n) is 11.5. The van der Waals surface area contributed by atoms with E-state index in [2.05, 4.69) is 23.4 Å². The van der Waals surface area contributed by atoms with Crippen LogP contribution in [0.3, 0.4) is 0 Å². The number of carbonyl (C=O) groups is 1. The summed E-state index contributed by atoms with van der Waals surface area (Å²) in [6, 6.07) is 6.02. The number of likely N-dealkylation sites (N-methyl/N-ethyl adjacent to an activating group) is 1. The first kappa shape index (κ1) is 12.8. The summed E-state index contributed by atoms with van der Waals surface area (Å²) in [5.41, 5.74) is 4.44. The number of amides is 1. The van der Waals surface area contributed by atoms with Crippen molar-refractivity contribution in [3.8, 4) is 5.97 Å². The van der Waals surface area contributed by atoms with Gasteiger partial charge in [0.1, 0.15) is 0 Å². The fourth-order valence-corrected chi connectivity index (χ4v) is 2.99. The van der Waals surface area contributed by atoms with Gasteiger partial charge in [0.15, 0.2) is 0 Å². The third kappa shape index (κ3) is 2.18. The van der Waals surface area contributed by atoms with Gasteiger partial charge in [-0.2, -0.15) is 0 Å². The van der Waals surface area contributed by atoms with Crippen LogP contribution in [0.2, 0.25) is 12.6 Å². The van der Waals surface area contributed by atoms with Gasteiger partial charge in [0.05, 0.1) is 17.9 Å². The molecular formula is C15H16BN3O. The van der Waals surface area contributed by atoms with Crippen LogP contribution in [0.5, 0.6) is 0 Å². The molecule has 4 nitrogen and oxygen atoms in total. The summed E-state index contributed by atoms with van der Waals surface area (Å²) in [6.45, 7) is 0.536. The van der Waals surface area contributed by atoms with Crippen LogP contribution in [0.4, 0.5) is 11.4 Å². The number of nitrogens with one attached hydrogen (secondary N) is 1. The molecule has 0 unspecified atom stereocenters. The minimum absolute atomic E-state index is 0.0271. The van der Waals surface area contributed by atoms with E-state index < -0.39 is 0 Å². The monoisotopic (exact) mass is 265 g/mol. The van der Waals surface area contributed by atoms with Crippen molar-refractivity contribution in [1.29, 1.82) is 5.26 Å². The first-order valence-electron chi connectivity index (χ1n) is 6.92. The van der Waals surface area contributed by atoms with E-state index in [9.17, 15) is 4.79 Å². The summed E-state index contributed by atoms with van der Waals surface area (Å²) in [6.07, 6.45) is 4.85. The topological polar surface area (TPSA) is 56.1 Å². The van der Waals surface area contributed by atoms with Crippen molar-refractivity contribution in [3.05, 3.63) is 29.8 Å². The highest BCUT2D eigenvalue weighted by Gasteiger charge is 2.25.